The zero-order valence-corrected chi connectivity index (χ0v) is 12.2. The van der Waals surface area contributed by atoms with E-state index in [0.717, 1.165) is 38.6 Å². The Labute approximate surface area is 115 Å². The van der Waals surface area contributed by atoms with Gasteiger partial charge in [0.05, 0.1) is 6.26 Å². The second kappa shape index (κ2) is 6.05. The van der Waals surface area contributed by atoms with Gasteiger partial charge in [0.2, 0.25) is 15.9 Å². The minimum atomic E-state index is -3.20. The predicted molar refractivity (Wildman–Crippen MR) is 74.1 cm³/mol. The first-order valence-corrected chi connectivity index (χ1v) is 8.76. The van der Waals surface area contributed by atoms with E-state index in [2.05, 4.69) is 16.9 Å². The van der Waals surface area contributed by atoms with Crippen molar-refractivity contribution in [3.8, 4) is 0 Å². The molecule has 0 radical (unpaired) electrons. The zero-order chi connectivity index (χ0) is 13.9. The summed E-state index contributed by atoms with van der Waals surface area (Å²) in [7, 11) is -3.20. The van der Waals surface area contributed by atoms with Gasteiger partial charge < -0.3 is 4.90 Å². The van der Waals surface area contributed by atoms with Gasteiger partial charge in [0, 0.05) is 25.0 Å². The van der Waals surface area contributed by atoms with Gasteiger partial charge in [-0.05, 0) is 32.1 Å². The van der Waals surface area contributed by atoms with Crippen LogP contribution in [0.1, 0.15) is 32.1 Å². The lowest BCUT2D eigenvalue weighted by Gasteiger charge is -2.35. The number of amides is 1. The summed E-state index contributed by atoms with van der Waals surface area (Å²) in [6.45, 7) is 1.26. The van der Waals surface area contributed by atoms with E-state index in [1.807, 2.05) is 4.90 Å². The van der Waals surface area contributed by atoms with Crippen LogP contribution in [0.4, 0.5) is 0 Å². The van der Waals surface area contributed by atoms with Crippen LogP contribution < -0.4 is 4.72 Å². The summed E-state index contributed by atoms with van der Waals surface area (Å²) < 4.78 is 25.1. The average Bonchev–Trinajstić information content (AvgIpc) is 2.37. The molecule has 1 saturated heterocycles. The van der Waals surface area contributed by atoms with Crippen molar-refractivity contribution in [3.63, 3.8) is 0 Å². The number of nitrogens with zero attached hydrogens (tertiary/aromatic N) is 1. The smallest absolute Gasteiger partial charge is 0.226 e. The minimum absolute atomic E-state index is 0.0852. The van der Waals surface area contributed by atoms with Crippen LogP contribution in [0.25, 0.3) is 0 Å². The third kappa shape index (κ3) is 4.31. The Balaban J connectivity index is 1.93. The summed E-state index contributed by atoms with van der Waals surface area (Å²) in [6, 6.07) is -0.133. The molecule has 1 amide bonds. The normalized spacial score (nSPS) is 28.4. The van der Waals surface area contributed by atoms with Gasteiger partial charge in [-0.15, -0.1) is 0 Å². The molecule has 0 unspecified atom stereocenters. The van der Waals surface area contributed by atoms with Crippen LogP contribution >= 0.6 is 0 Å². The largest absolute Gasteiger partial charge is 0.341 e. The summed E-state index contributed by atoms with van der Waals surface area (Å²) in [5, 5.41) is 0. The molecule has 1 N–H and O–H groups in total. The molecule has 0 saturated carbocycles. The Hall–Kier alpha value is -0.880. The van der Waals surface area contributed by atoms with Gasteiger partial charge in [-0.1, -0.05) is 12.2 Å². The van der Waals surface area contributed by atoms with Crippen LogP contribution in [0.2, 0.25) is 0 Å². The molecule has 1 aliphatic carbocycles. The number of hydrogen-bond acceptors (Lipinski definition) is 3. The summed E-state index contributed by atoms with van der Waals surface area (Å²) in [6.07, 6.45) is 9.73. The number of allylic oxidation sites excluding steroid dienone is 2. The van der Waals surface area contributed by atoms with Crippen LogP contribution in [0.3, 0.4) is 0 Å². The van der Waals surface area contributed by atoms with Gasteiger partial charge in [-0.3, -0.25) is 4.79 Å². The number of piperidine rings is 1. The average molecular weight is 286 g/mol. The van der Waals surface area contributed by atoms with Crippen molar-refractivity contribution >= 4 is 15.9 Å². The third-order valence-corrected chi connectivity index (χ3v) is 4.49. The maximum Gasteiger partial charge on any atom is 0.226 e. The fourth-order valence-corrected chi connectivity index (χ4v) is 3.65. The van der Waals surface area contributed by atoms with E-state index in [9.17, 15) is 13.2 Å². The summed E-state index contributed by atoms with van der Waals surface area (Å²) in [5.74, 6) is 0.270. The summed E-state index contributed by atoms with van der Waals surface area (Å²) in [5.41, 5.74) is 0. The molecule has 2 aliphatic rings. The quantitative estimate of drug-likeness (QED) is 0.783. The molecular formula is C13H22N2O3S. The molecule has 0 aromatic rings. The van der Waals surface area contributed by atoms with E-state index >= 15 is 0 Å². The second-order valence-electron chi connectivity index (χ2n) is 5.49. The molecule has 0 aromatic carbocycles. The molecule has 1 heterocycles. The van der Waals surface area contributed by atoms with Crippen LogP contribution in [-0.2, 0) is 14.8 Å². The molecular weight excluding hydrogens is 264 g/mol. The molecule has 0 bridgehead atoms. The molecule has 2 atom stereocenters. The van der Waals surface area contributed by atoms with Crippen molar-refractivity contribution in [3.05, 3.63) is 12.2 Å². The molecule has 108 valence electrons. The number of carbonyl (C=O) groups excluding carboxylic acids is 1. The van der Waals surface area contributed by atoms with E-state index in [1.54, 1.807) is 0 Å². The SMILES string of the molecule is CS(=O)(=O)N[C@H]1CCCN(C(=O)[C@H]2CC=CCC2)C1. The van der Waals surface area contributed by atoms with Crippen molar-refractivity contribution in [1.82, 2.24) is 9.62 Å². The number of nitrogens with one attached hydrogen (secondary N) is 1. The van der Waals surface area contributed by atoms with Gasteiger partial charge >= 0.3 is 0 Å². The second-order valence-corrected chi connectivity index (χ2v) is 7.27. The van der Waals surface area contributed by atoms with Gasteiger partial charge in [0.15, 0.2) is 0 Å². The number of carbonyl (C=O) groups is 1. The standard InChI is InChI=1S/C13H22N2O3S/c1-19(17,18)14-12-8-5-9-15(10-12)13(16)11-6-3-2-4-7-11/h2-3,11-12,14H,4-10H2,1H3/t11-,12-/m0/s1. The maximum absolute atomic E-state index is 12.4. The molecule has 0 aromatic heterocycles. The Bertz CT molecular complexity index is 459. The number of likely N-dealkylation sites (tertiary alicyclic amines) is 1. The molecule has 2 rings (SSSR count). The molecule has 6 heteroatoms. The maximum atomic E-state index is 12.4. The molecule has 5 nitrogen and oxygen atoms in total. The lowest BCUT2D eigenvalue weighted by Crippen LogP contribution is -2.50. The van der Waals surface area contributed by atoms with E-state index in [4.69, 9.17) is 0 Å². The van der Waals surface area contributed by atoms with Crippen LogP contribution in [0.15, 0.2) is 12.2 Å². The van der Waals surface area contributed by atoms with E-state index in [1.165, 1.54) is 6.26 Å². The Morgan fingerprint density at radius 2 is 2.11 bits per heavy atom. The number of rotatable bonds is 3. The Morgan fingerprint density at radius 3 is 2.74 bits per heavy atom. The van der Waals surface area contributed by atoms with Gasteiger partial charge in [-0.2, -0.15) is 0 Å². The summed E-state index contributed by atoms with van der Waals surface area (Å²) in [4.78, 5) is 14.2. The van der Waals surface area contributed by atoms with Gasteiger partial charge in [-0.25, -0.2) is 13.1 Å². The summed E-state index contributed by atoms with van der Waals surface area (Å²) >= 11 is 0. The Morgan fingerprint density at radius 1 is 1.32 bits per heavy atom. The van der Waals surface area contributed by atoms with Gasteiger partial charge in [0.25, 0.3) is 0 Å². The van der Waals surface area contributed by atoms with E-state index in [-0.39, 0.29) is 17.9 Å². The van der Waals surface area contributed by atoms with Crippen molar-refractivity contribution in [2.75, 3.05) is 19.3 Å². The van der Waals surface area contributed by atoms with Crippen molar-refractivity contribution in [2.24, 2.45) is 5.92 Å². The lowest BCUT2D eigenvalue weighted by atomic mass is 9.92. The molecule has 1 aliphatic heterocycles. The minimum Gasteiger partial charge on any atom is -0.341 e. The lowest BCUT2D eigenvalue weighted by molar-refractivity contribution is -0.137. The highest BCUT2D eigenvalue weighted by Gasteiger charge is 2.29. The van der Waals surface area contributed by atoms with Crippen LogP contribution in [0, 0.1) is 5.92 Å². The topological polar surface area (TPSA) is 66.5 Å². The van der Waals surface area contributed by atoms with Crippen LogP contribution in [-0.4, -0.2) is 44.6 Å². The van der Waals surface area contributed by atoms with Gasteiger partial charge in [0.1, 0.15) is 0 Å². The van der Waals surface area contributed by atoms with Crippen molar-refractivity contribution < 1.29 is 13.2 Å². The number of hydrogen-bond donors (Lipinski definition) is 1. The highest BCUT2D eigenvalue weighted by atomic mass is 32.2. The van der Waals surface area contributed by atoms with Crippen molar-refractivity contribution in [2.45, 2.75) is 38.1 Å². The zero-order valence-electron chi connectivity index (χ0n) is 11.3. The van der Waals surface area contributed by atoms with E-state index in [0.29, 0.717) is 6.54 Å². The highest BCUT2D eigenvalue weighted by Crippen LogP contribution is 2.22. The first-order valence-electron chi connectivity index (χ1n) is 6.87. The van der Waals surface area contributed by atoms with E-state index < -0.39 is 10.0 Å². The first-order chi connectivity index (χ1) is 8.96. The Kier molecular flexibility index (Phi) is 4.62. The monoisotopic (exact) mass is 286 g/mol. The molecule has 19 heavy (non-hydrogen) atoms. The fourth-order valence-electron chi connectivity index (χ4n) is 2.85. The number of sulfonamides is 1. The predicted octanol–water partition coefficient (Wildman–Crippen LogP) is 0.883. The molecule has 1 fully saturated rings. The first kappa shape index (κ1) is 14.5. The molecule has 0 spiro atoms. The highest BCUT2D eigenvalue weighted by molar-refractivity contribution is 7.88. The van der Waals surface area contributed by atoms with Crippen LogP contribution in [0.5, 0.6) is 0 Å². The fraction of sp³-hybridized carbons (Fsp3) is 0.769. The third-order valence-electron chi connectivity index (χ3n) is 3.73. The van der Waals surface area contributed by atoms with Crippen molar-refractivity contribution in [1.29, 1.82) is 0 Å².